The van der Waals surface area contributed by atoms with Crippen molar-refractivity contribution in [3.63, 3.8) is 0 Å². The third kappa shape index (κ3) is 5.63. The molecule has 1 fully saturated rings. The Hall–Kier alpha value is -3.43. The maximum absolute atomic E-state index is 13.0. The van der Waals surface area contributed by atoms with E-state index in [1.54, 1.807) is 10.8 Å². The molecule has 35 heavy (non-hydrogen) atoms. The largest absolute Gasteiger partial charge is 0.491 e. The van der Waals surface area contributed by atoms with E-state index in [0.29, 0.717) is 14.9 Å². The van der Waals surface area contributed by atoms with Gasteiger partial charge < -0.3 is 9.84 Å². The first kappa shape index (κ1) is 24.7. The van der Waals surface area contributed by atoms with E-state index in [-0.39, 0.29) is 25.0 Å². The summed E-state index contributed by atoms with van der Waals surface area (Å²) in [5, 5.41) is 13.8. The van der Waals surface area contributed by atoms with Gasteiger partial charge in [0.15, 0.2) is 0 Å². The summed E-state index contributed by atoms with van der Waals surface area (Å²) >= 11 is 6.50. The molecule has 0 bridgehead atoms. The van der Waals surface area contributed by atoms with Crippen molar-refractivity contribution < 1.29 is 19.4 Å². The van der Waals surface area contributed by atoms with Crippen molar-refractivity contribution in [2.45, 2.75) is 33.3 Å². The van der Waals surface area contributed by atoms with Gasteiger partial charge in [0.25, 0.3) is 5.91 Å². The maximum Gasteiger partial charge on any atom is 0.305 e. The number of carboxylic acid groups (broad SMARTS) is 1. The standard InChI is InChI=1S/C26H25N3O4S2/c1-16(2)33-21-10-9-18(13-17(21)3)24-19(15-29(27-24)20-7-5-4-6-8-20)14-22-25(32)28(26(34)35-22)12-11-23(30)31/h4-10,13-16H,11-12H2,1-3H3,(H,30,31). The highest BCUT2D eigenvalue weighted by atomic mass is 32.2. The lowest BCUT2D eigenvalue weighted by atomic mass is 10.0. The summed E-state index contributed by atoms with van der Waals surface area (Å²) in [6.45, 7) is 6.01. The van der Waals surface area contributed by atoms with Crippen LogP contribution in [0.1, 0.15) is 31.4 Å². The van der Waals surface area contributed by atoms with Gasteiger partial charge in [-0.15, -0.1) is 0 Å². The lowest BCUT2D eigenvalue weighted by Gasteiger charge is -2.13. The highest BCUT2D eigenvalue weighted by molar-refractivity contribution is 8.26. The van der Waals surface area contributed by atoms with Crippen LogP contribution in [-0.4, -0.2) is 48.6 Å². The second-order valence-electron chi connectivity index (χ2n) is 8.34. The lowest BCUT2D eigenvalue weighted by molar-refractivity contribution is -0.137. The maximum atomic E-state index is 13.0. The number of thioether (sulfide) groups is 1. The molecule has 1 aliphatic rings. The Labute approximate surface area is 213 Å². The molecule has 0 radical (unpaired) electrons. The number of carbonyl (C=O) groups excluding carboxylic acids is 1. The van der Waals surface area contributed by atoms with Crippen molar-refractivity contribution in [3.8, 4) is 22.7 Å². The van der Waals surface area contributed by atoms with E-state index < -0.39 is 5.97 Å². The van der Waals surface area contributed by atoms with Gasteiger partial charge in [0.05, 0.1) is 23.1 Å². The van der Waals surface area contributed by atoms with Gasteiger partial charge in [0.1, 0.15) is 15.8 Å². The summed E-state index contributed by atoms with van der Waals surface area (Å²) in [4.78, 5) is 25.7. The van der Waals surface area contributed by atoms with Crippen LogP contribution in [0.25, 0.3) is 23.0 Å². The van der Waals surface area contributed by atoms with Crippen molar-refractivity contribution >= 4 is 46.3 Å². The fourth-order valence-electron chi connectivity index (χ4n) is 3.65. The minimum Gasteiger partial charge on any atom is -0.491 e. The molecular weight excluding hydrogens is 482 g/mol. The number of nitrogens with zero attached hydrogens (tertiary/aromatic N) is 3. The Balaban J connectivity index is 1.75. The number of ether oxygens (including phenoxy) is 1. The van der Waals surface area contributed by atoms with Crippen molar-refractivity contribution in [3.05, 3.63) is 70.8 Å². The molecule has 0 unspecified atom stereocenters. The summed E-state index contributed by atoms with van der Waals surface area (Å²) < 4.78 is 8.01. The molecule has 2 aromatic carbocycles. The quantitative estimate of drug-likeness (QED) is 0.327. The zero-order chi connectivity index (χ0) is 25.1. The minimum atomic E-state index is -0.977. The van der Waals surface area contributed by atoms with Gasteiger partial charge in [-0.2, -0.15) is 5.10 Å². The molecule has 1 amide bonds. The molecule has 0 spiro atoms. The second-order valence-corrected chi connectivity index (χ2v) is 10.0. The average molecular weight is 508 g/mol. The summed E-state index contributed by atoms with van der Waals surface area (Å²) in [5.74, 6) is -0.460. The number of rotatable bonds is 8. The molecule has 1 aliphatic heterocycles. The van der Waals surface area contributed by atoms with Crippen LogP contribution in [0.3, 0.4) is 0 Å². The summed E-state index contributed by atoms with van der Waals surface area (Å²) in [6.07, 6.45) is 3.55. The monoisotopic (exact) mass is 507 g/mol. The molecule has 180 valence electrons. The molecular formula is C26H25N3O4S2. The molecule has 0 atom stereocenters. The lowest BCUT2D eigenvalue weighted by Crippen LogP contribution is -2.30. The molecule has 2 heterocycles. The van der Waals surface area contributed by atoms with Crippen molar-refractivity contribution in [2.75, 3.05) is 6.54 Å². The molecule has 4 rings (SSSR count). The zero-order valence-electron chi connectivity index (χ0n) is 19.6. The normalized spacial score (nSPS) is 14.9. The number of benzene rings is 2. The molecule has 0 aliphatic carbocycles. The summed E-state index contributed by atoms with van der Waals surface area (Å²) in [7, 11) is 0. The number of amides is 1. The van der Waals surface area contributed by atoms with Gasteiger partial charge in [0.2, 0.25) is 0 Å². The van der Waals surface area contributed by atoms with Gasteiger partial charge >= 0.3 is 5.97 Å². The van der Waals surface area contributed by atoms with Crippen molar-refractivity contribution in [1.82, 2.24) is 14.7 Å². The Morgan fingerprint density at radius 1 is 1.23 bits per heavy atom. The van der Waals surface area contributed by atoms with E-state index in [1.807, 2.05) is 75.5 Å². The number of hydrogen-bond acceptors (Lipinski definition) is 6. The van der Waals surface area contributed by atoms with Crippen molar-refractivity contribution in [1.29, 1.82) is 0 Å². The smallest absolute Gasteiger partial charge is 0.305 e. The molecule has 3 aromatic rings. The number of aryl methyl sites for hydroxylation is 1. The Bertz CT molecular complexity index is 1320. The number of para-hydroxylation sites is 1. The molecule has 1 N–H and O–H groups in total. The van der Waals surface area contributed by atoms with Crippen LogP contribution in [0, 0.1) is 6.92 Å². The van der Waals surface area contributed by atoms with Gasteiger partial charge in [-0.25, -0.2) is 4.68 Å². The number of carbonyl (C=O) groups is 2. The van der Waals surface area contributed by atoms with Crippen LogP contribution in [0.15, 0.2) is 59.6 Å². The first-order chi connectivity index (χ1) is 16.7. The highest BCUT2D eigenvalue weighted by Gasteiger charge is 2.32. The van der Waals surface area contributed by atoms with E-state index in [2.05, 4.69) is 0 Å². The van der Waals surface area contributed by atoms with Crippen molar-refractivity contribution in [2.24, 2.45) is 0 Å². The number of carboxylic acids is 1. The van der Waals surface area contributed by atoms with Crippen LogP contribution in [0.5, 0.6) is 5.75 Å². The topological polar surface area (TPSA) is 84.7 Å². The van der Waals surface area contributed by atoms with E-state index in [1.165, 1.54) is 16.7 Å². The van der Waals surface area contributed by atoms with Gasteiger partial charge in [-0.05, 0) is 62.7 Å². The summed E-state index contributed by atoms with van der Waals surface area (Å²) in [5.41, 5.74) is 4.23. The van der Waals surface area contributed by atoms with Crippen LogP contribution in [-0.2, 0) is 9.59 Å². The van der Waals surface area contributed by atoms with Crippen LogP contribution in [0.4, 0.5) is 0 Å². The van der Waals surface area contributed by atoms with Gasteiger partial charge in [-0.1, -0.05) is 42.2 Å². The number of hydrogen-bond donors (Lipinski definition) is 1. The zero-order valence-corrected chi connectivity index (χ0v) is 21.2. The second kappa shape index (κ2) is 10.5. The molecule has 0 saturated carbocycles. The minimum absolute atomic E-state index is 0.0456. The highest BCUT2D eigenvalue weighted by Crippen LogP contribution is 2.35. The summed E-state index contributed by atoms with van der Waals surface area (Å²) in [6, 6.07) is 15.6. The van der Waals surface area contributed by atoms with Gasteiger partial charge in [-0.3, -0.25) is 14.5 Å². The van der Waals surface area contributed by atoms with E-state index in [4.69, 9.17) is 27.2 Å². The van der Waals surface area contributed by atoms with Gasteiger partial charge in [0, 0.05) is 23.9 Å². The Morgan fingerprint density at radius 3 is 2.63 bits per heavy atom. The van der Waals surface area contributed by atoms with E-state index >= 15 is 0 Å². The van der Waals surface area contributed by atoms with Crippen LogP contribution >= 0.6 is 24.0 Å². The van der Waals surface area contributed by atoms with Crippen LogP contribution < -0.4 is 4.74 Å². The molecule has 1 aromatic heterocycles. The predicted octanol–water partition coefficient (Wildman–Crippen LogP) is 5.31. The van der Waals surface area contributed by atoms with Crippen LogP contribution in [0.2, 0.25) is 0 Å². The molecule has 7 nitrogen and oxygen atoms in total. The third-order valence-corrected chi connectivity index (χ3v) is 6.66. The Kier molecular flexibility index (Phi) is 7.37. The first-order valence-electron chi connectivity index (χ1n) is 11.1. The van der Waals surface area contributed by atoms with E-state index in [0.717, 1.165) is 28.1 Å². The average Bonchev–Trinajstić information content (AvgIpc) is 3.35. The van der Waals surface area contributed by atoms with E-state index in [9.17, 15) is 9.59 Å². The number of aromatic nitrogens is 2. The number of thiocarbonyl (C=S) groups is 1. The fraction of sp³-hybridized carbons (Fsp3) is 0.231. The predicted molar refractivity (Wildman–Crippen MR) is 142 cm³/mol. The molecule has 9 heteroatoms. The third-order valence-electron chi connectivity index (χ3n) is 5.28. The Morgan fingerprint density at radius 2 is 1.97 bits per heavy atom. The first-order valence-corrected chi connectivity index (χ1v) is 12.4. The SMILES string of the molecule is Cc1cc(-c2nn(-c3ccccc3)cc2C=C2SC(=S)N(CCC(=O)O)C2=O)ccc1OC(C)C. The fourth-order valence-corrected chi connectivity index (χ4v) is 4.95. The molecule has 1 saturated heterocycles. The number of aliphatic carboxylic acids is 1.